The van der Waals surface area contributed by atoms with Crippen molar-refractivity contribution >= 4 is 0 Å². The molecule has 0 heterocycles. The molecule has 47 heavy (non-hydrogen) atoms. The number of aryl methyl sites for hydroxylation is 4. The Kier molecular flexibility index (Phi) is 28.2. The van der Waals surface area contributed by atoms with Crippen LogP contribution in [0.3, 0.4) is 0 Å². The van der Waals surface area contributed by atoms with Gasteiger partial charge in [-0.2, -0.15) is 0 Å². The zero-order valence-electron chi connectivity index (χ0n) is 33.2. The summed E-state index contributed by atoms with van der Waals surface area (Å²) in [4.78, 5) is 0. The van der Waals surface area contributed by atoms with Gasteiger partial charge < -0.3 is 0 Å². The van der Waals surface area contributed by atoms with Crippen LogP contribution < -0.4 is 0 Å². The van der Waals surface area contributed by atoms with Gasteiger partial charge in [-0.25, -0.2) is 0 Å². The summed E-state index contributed by atoms with van der Waals surface area (Å²) in [6.07, 6.45) is 37.5. The zero-order valence-corrected chi connectivity index (χ0v) is 33.2. The fraction of sp³-hybridized carbons (Fsp3) is 0.745. The van der Waals surface area contributed by atoms with Gasteiger partial charge in [0.2, 0.25) is 0 Å². The van der Waals surface area contributed by atoms with Crippen LogP contribution in [0.15, 0.2) is 30.3 Å². The summed E-state index contributed by atoms with van der Waals surface area (Å²) >= 11 is 0. The molecule has 2 rings (SSSR count). The molecule has 0 unspecified atom stereocenters. The van der Waals surface area contributed by atoms with Crippen LogP contribution in [0.5, 0.6) is 0 Å². The molecule has 270 valence electrons. The summed E-state index contributed by atoms with van der Waals surface area (Å²) in [5.41, 5.74) is 11.9. The van der Waals surface area contributed by atoms with Crippen molar-refractivity contribution < 1.29 is 0 Å². The van der Waals surface area contributed by atoms with Gasteiger partial charge in [-0.1, -0.05) is 169 Å². The molecule has 2 aromatic carbocycles. The fourth-order valence-electron chi connectivity index (χ4n) is 7.28. The van der Waals surface area contributed by atoms with Gasteiger partial charge in [0.15, 0.2) is 0 Å². The van der Waals surface area contributed by atoms with Gasteiger partial charge in [0.25, 0.3) is 0 Å². The molecule has 0 fully saturated rings. The molecule has 0 bridgehead atoms. The molecule has 0 amide bonds. The van der Waals surface area contributed by atoms with Gasteiger partial charge in [0, 0.05) is 0 Å². The van der Waals surface area contributed by atoms with E-state index >= 15 is 0 Å². The van der Waals surface area contributed by atoms with E-state index in [0.29, 0.717) is 0 Å². The molecule has 0 spiro atoms. The van der Waals surface area contributed by atoms with E-state index in [1.54, 1.807) is 38.9 Å². The van der Waals surface area contributed by atoms with Crippen LogP contribution in [0.2, 0.25) is 0 Å². The van der Waals surface area contributed by atoms with Crippen molar-refractivity contribution in [3.63, 3.8) is 0 Å². The summed E-state index contributed by atoms with van der Waals surface area (Å²) in [5, 5.41) is 0. The van der Waals surface area contributed by atoms with Crippen LogP contribution in [0.1, 0.15) is 222 Å². The minimum absolute atomic E-state index is 1.29. The lowest BCUT2D eigenvalue weighted by Gasteiger charge is -2.20. The lowest BCUT2D eigenvalue weighted by Crippen LogP contribution is -2.06. The summed E-state index contributed by atoms with van der Waals surface area (Å²) in [5.74, 6) is 0. The molecule has 0 nitrogen and oxygen atoms in total. The lowest BCUT2D eigenvalue weighted by atomic mass is 9.86. The molecule has 0 radical (unpaired) electrons. The maximum Gasteiger partial charge on any atom is -0.0273 e. The van der Waals surface area contributed by atoms with Crippen LogP contribution in [0, 0.1) is 0 Å². The number of benzene rings is 2. The maximum atomic E-state index is 2.50. The standard InChI is InChI=1S/C26H46.C21H36/c1-5-9-13-17-23-21-22-24(18-14-10-6-2)26(20-16-12-8-4)25(23)19-15-11-7-3;1-4-7-10-14-19-16-13-17-20(15-11-8-5-2)21(19)18-12-9-6-3/h21-22H,5-20H2,1-4H3;13,16-17H,4-12,14-15,18H2,1-3H3. The van der Waals surface area contributed by atoms with E-state index in [1.807, 2.05) is 0 Å². The van der Waals surface area contributed by atoms with Crippen LogP contribution >= 0.6 is 0 Å². The highest BCUT2D eigenvalue weighted by molar-refractivity contribution is 5.42. The quantitative estimate of drug-likeness (QED) is 0.0807. The topological polar surface area (TPSA) is 0 Å². The second kappa shape index (κ2) is 30.5. The minimum Gasteiger partial charge on any atom is -0.0654 e. The van der Waals surface area contributed by atoms with Gasteiger partial charge in [-0.15, -0.1) is 0 Å². The van der Waals surface area contributed by atoms with Crippen molar-refractivity contribution in [1.82, 2.24) is 0 Å². The SMILES string of the molecule is CCCCCc1ccc(CCCCC)c(CCCCC)c1CCCCC.CCCCCc1cccc(CCCCC)c1CCCCC. The van der Waals surface area contributed by atoms with E-state index in [9.17, 15) is 0 Å². The van der Waals surface area contributed by atoms with E-state index < -0.39 is 0 Å². The Morgan fingerprint density at radius 1 is 0.255 bits per heavy atom. The minimum atomic E-state index is 1.29. The summed E-state index contributed by atoms with van der Waals surface area (Å²) in [6.45, 7) is 16.2. The van der Waals surface area contributed by atoms with Gasteiger partial charge in [-0.05, 0) is 129 Å². The number of unbranched alkanes of at least 4 members (excludes halogenated alkanes) is 14. The highest BCUT2D eigenvalue weighted by Crippen LogP contribution is 2.27. The molecule has 0 aliphatic heterocycles. The van der Waals surface area contributed by atoms with Crippen LogP contribution in [-0.4, -0.2) is 0 Å². The Labute approximate surface area is 296 Å². The van der Waals surface area contributed by atoms with Crippen LogP contribution in [0.4, 0.5) is 0 Å². The normalized spacial score (nSPS) is 11.1. The second-order valence-electron chi connectivity index (χ2n) is 14.6. The smallest absolute Gasteiger partial charge is 0.0273 e. The number of hydrogen-bond donors (Lipinski definition) is 0. The third-order valence-electron chi connectivity index (χ3n) is 10.3. The molecular weight excluding hydrogens is 565 g/mol. The molecule has 0 N–H and O–H groups in total. The Balaban J connectivity index is 0.000000481. The molecule has 0 saturated carbocycles. The van der Waals surface area contributed by atoms with E-state index in [-0.39, 0.29) is 0 Å². The van der Waals surface area contributed by atoms with E-state index in [4.69, 9.17) is 0 Å². The predicted molar refractivity (Wildman–Crippen MR) is 215 cm³/mol. The monoisotopic (exact) mass is 647 g/mol. The average Bonchev–Trinajstić information content (AvgIpc) is 3.08. The van der Waals surface area contributed by atoms with Gasteiger partial charge >= 0.3 is 0 Å². The fourth-order valence-corrected chi connectivity index (χ4v) is 7.28. The van der Waals surface area contributed by atoms with Crippen LogP contribution in [0.25, 0.3) is 0 Å². The molecule has 0 atom stereocenters. The van der Waals surface area contributed by atoms with E-state index in [2.05, 4.69) is 78.8 Å². The first kappa shape index (κ1) is 43.5. The van der Waals surface area contributed by atoms with Crippen molar-refractivity contribution in [3.05, 3.63) is 69.3 Å². The molecule has 0 saturated heterocycles. The van der Waals surface area contributed by atoms with Crippen molar-refractivity contribution in [1.29, 1.82) is 0 Å². The van der Waals surface area contributed by atoms with Crippen molar-refractivity contribution in [3.8, 4) is 0 Å². The summed E-state index contributed by atoms with van der Waals surface area (Å²) in [7, 11) is 0. The third-order valence-corrected chi connectivity index (χ3v) is 10.3. The Morgan fingerprint density at radius 2 is 0.489 bits per heavy atom. The maximum absolute atomic E-state index is 2.50. The highest BCUT2D eigenvalue weighted by atomic mass is 14.2. The Hall–Kier alpha value is -1.56. The van der Waals surface area contributed by atoms with Gasteiger partial charge in [0.05, 0.1) is 0 Å². The molecule has 2 aromatic rings. The first-order chi connectivity index (χ1) is 23.1. The second-order valence-corrected chi connectivity index (χ2v) is 14.6. The van der Waals surface area contributed by atoms with Crippen molar-refractivity contribution in [2.75, 3.05) is 0 Å². The van der Waals surface area contributed by atoms with Crippen LogP contribution in [-0.2, 0) is 44.9 Å². The Morgan fingerprint density at radius 3 is 0.766 bits per heavy atom. The van der Waals surface area contributed by atoms with Gasteiger partial charge in [-0.3, -0.25) is 0 Å². The van der Waals surface area contributed by atoms with Gasteiger partial charge in [0.1, 0.15) is 0 Å². The number of rotatable bonds is 28. The first-order valence-corrected chi connectivity index (χ1v) is 21.3. The molecule has 0 aliphatic rings. The summed E-state index contributed by atoms with van der Waals surface area (Å²) in [6, 6.07) is 12.1. The van der Waals surface area contributed by atoms with E-state index in [1.165, 1.54) is 180 Å². The molecule has 0 aromatic heterocycles. The molecule has 0 aliphatic carbocycles. The molecule has 0 heteroatoms. The lowest BCUT2D eigenvalue weighted by molar-refractivity contribution is 0.666. The molecular formula is C47H82. The van der Waals surface area contributed by atoms with Crippen molar-refractivity contribution in [2.24, 2.45) is 0 Å². The summed E-state index contributed by atoms with van der Waals surface area (Å²) < 4.78 is 0. The third kappa shape index (κ3) is 19.3. The Bertz CT molecular complexity index is 911. The highest BCUT2D eigenvalue weighted by Gasteiger charge is 2.13. The average molecular weight is 647 g/mol. The number of hydrogen-bond acceptors (Lipinski definition) is 0. The van der Waals surface area contributed by atoms with E-state index in [0.717, 1.165) is 0 Å². The zero-order chi connectivity index (χ0) is 34.4. The predicted octanol–water partition coefficient (Wildman–Crippen LogP) is 15.5. The first-order valence-electron chi connectivity index (χ1n) is 21.3. The van der Waals surface area contributed by atoms with Crippen molar-refractivity contribution in [2.45, 2.75) is 228 Å². The largest absolute Gasteiger partial charge is 0.0654 e.